The lowest BCUT2D eigenvalue weighted by Crippen LogP contribution is -2.02. The number of phenolic OH excluding ortho intramolecular Hbond substituents is 1. The van der Waals surface area contributed by atoms with E-state index in [2.05, 4.69) is 4.74 Å². The first kappa shape index (κ1) is 8.70. The summed E-state index contributed by atoms with van der Waals surface area (Å²) in [4.78, 5) is 0. The van der Waals surface area contributed by atoms with Crippen LogP contribution in [0.3, 0.4) is 0 Å². The molecule has 1 N–H and O–H groups in total. The molecule has 0 unspecified atom stereocenters. The summed E-state index contributed by atoms with van der Waals surface area (Å²) in [6, 6.07) is 3.14. The van der Waals surface area contributed by atoms with Crippen LogP contribution in [0.25, 0.3) is 0 Å². The Balaban J connectivity index is 2.92. The third-order valence-electron chi connectivity index (χ3n) is 1.17. The van der Waals surface area contributed by atoms with E-state index in [0.29, 0.717) is 0 Å². The first-order valence-corrected chi connectivity index (χ1v) is 3.03. The predicted octanol–water partition coefficient (Wildman–Crippen LogP) is 2.13. The summed E-state index contributed by atoms with van der Waals surface area (Å²) < 4.78 is 39.4. The average Bonchev–Trinajstić information content (AvgIpc) is 1.98. The maximum absolute atomic E-state index is 12.5. The lowest BCUT2D eigenvalue weighted by Gasteiger charge is -2.05. The molecule has 0 aliphatic rings. The van der Waals surface area contributed by atoms with Gasteiger partial charge in [0.05, 0.1) is 0 Å². The number of para-hydroxylation sites is 1. The zero-order valence-electron chi connectivity index (χ0n) is 5.80. The molecule has 0 saturated carbocycles. The summed E-state index contributed by atoms with van der Waals surface area (Å²) in [7, 11) is 0. The molecular formula is C7H5F3O2. The van der Waals surface area contributed by atoms with Crippen LogP contribution in [-0.2, 0) is 0 Å². The number of hydrogen-bond donors (Lipinski definition) is 1. The van der Waals surface area contributed by atoms with Gasteiger partial charge in [0.15, 0.2) is 17.3 Å². The van der Waals surface area contributed by atoms with Gasteiger partial charge in [-0.15, -0.1) is 0 Å². The topological polar surface area (TPSA) is 29.5 Å². The Kier molecular flexibility index (Phi) is 2.42. The molecule has 1 rings (SSSR count). The highest BCUT2D eigenvalue weighted by atomic mass is 19.3. The molecule has 1 aromatic carbocycles. The van der Waals surface area contributed by atoms with Crippen LogP contribution in [0.5, 0.6) is 11.5 Å². The molecule has 66 valence electrons. The quantitative estimate of drug-likeness (QED) is 0.751. The minimum atomic E-state index is -3.07. The zero-order chi connectivity index (χ0) is 9.14. The molecule has 0 aliphatic heterocycles. The lowest BCUT2D eigenvalue weighted by atomic mass is 10.3. The Hall–Kier alpha value is -1.39. The summed E-state index contributed by atoms with van der Waals surface area (Å²) in [6.45, 7) is -3.07. The standard InChI is InChI=1S/C7H5F3O2/c8-4-2-1-3-5(6(4)11)12-7(9)10/h1-3,7,11H. The van der Waals surface area contributed by atoms with Crippen molar-refractivity contribution in [1.82, 2.24) is 0 Å². The fourth-order valence-corrected chi connectivity index (χ4v) is 0.687. The molecule has 0 aromatic heterocycles. The summed E-state index contributed by atoms with van der Waals surface area (Å²) in [5.41, 5.74) is 0. The molecule has 0 atom stereocenters. The van der Waals surface area contributed by atoms with Crippen molar-refractivity contribution in [2.24, 2.45) is 0 Å². The Labute approximate surface area is 66.2 Å². The molecule has 0 spiro atoms. The number of benzene rings is 1. The van der Waals surface area contributed by atoms with E-state index in [0.717, 1.165) is 18.2 Å². The molecule has 0 amide bonds. The summed E-state index contributed by atoms with van der Waals surface area (Å²) in [5.74, 6) is -2.46. The van der Waals surface area contributed by atoms with E-state index in [9.17, 15) is 13.2 Å². The smallest absolute Gasteiger partial charge is 0.387 e. The van der Waals surface area contributed by atoms with E-state index in [-0.39, 0.29) is 0 Å². The zero-order valence-corrected chi connectivity index (χ0v) is 5.80. The third kappa shape index (κ3) is 1.81. The summed E-state index contributed by atoms with van der Waals surface area (Å²) in [5, 5.41) is 8.81. The molecule has 12 heavy (non-hydrogen) atoms. The van der Waals surface area contributed by atoms with Crippen molar-refractivity contribution in [2.75, 3.05) is 0 Å². The lowest BCUT2D eigenvalue weighted by molar-refractivity contribution is -0.0514. The number of alkyl halides is 2. The highest BCUT2D eigenvalue weighted by Crippen LogP contribution is 2.29. The molecule has 2 nitrogen and oxygen atoms in total. The Morgan fingerprint density at radius 1 is 1.33 bits per heavy atom. The van der Waals surface area contributed by atoms with Gasteiger partial charge in [-0.25, -0.2) is 4.39 Å². The van der Waals surface area contributed by atoms with E-state index in [1.54, 1.807) is 0 Å². The van der Waals surface area contributed by atoms with E-state index in [1.165, 1.54) is 0 Å². The maximum Gasteiger partial charge on any atom is 0.387 e. The van der Waals surface area contributed by atoms with Gasteiger partial charge in [-0.1, -0.05) is 6.07 Å². The van der Waals surface area contributed by atoms with Gasteiger partial charge in [0.25, 0.3) is 0 Å². The number of hydrogen-bond acceptors (Lipinski definition) is 2. The predicted molar refractivity (Wildman–Crippen MR) is 34.7 cm³/mol. The van der Waals surface area contributed by atoms with E-state index in [1.807, 2.05) is 0 Å². The van der Waals surface area contributed by atoms with E-state index < -0.39 is 23.9 Å². The molecule has 0 saturated heterocycles. The normalized spacial score (nSPS) is 10.3. The van der Waals surface area contributed by atoms with Gasteiger partial charge in [-0.3, -0.25) is 0 Å². The summed E-state index contributed by atoms with van der Waals surface area (Å²) in [6.07, 6.45) is 0. The van der Waals surface area contributed by atoms with Crippen molar-refractivity contribution < 1.29 is 23.0 Å². The van der Waals surface area contributed by atoms with Crippen LogP contribution in [0.15, 0.2) is 18.2 Å². The minimum absolute atomic E-state index is 0.565. The molecule has 0 bridgehead atoms. The van der Waals surface area contributed by atoms with Crippen LogP contribution >= 0.6 is 0 Å². The van der Waals surface area contributed by atoms with Gasteiger partial charge in [-0.05, 0) is 12.1 Å². The first-order valence-electron chi connectivity index (χ1n) is 3.03. The van der Waals surface area contributed by atoms with Crippen LogP contribution in [-0.4, -0.2) is 11.7 Å². The van der Waals surface area contributed by atoms with Gasteiger partial charge < -0.3 is 9.84 Å². The molecule has 5 heteroatoms. The molecule has 0 radical (unpaired) electrons. The molecular weight excluding hydrogens is 173 g/mol. The second kappa shape index (κ2) is 3.34. The van der Waals surface area contributed by atoms with Gasteiger partial charge in [0.2, 0.25) is 0 Å². The molecule has 0 fully saturated rings. The summed E-state index contributed by atoms with van der Waals surface area (Å²) >= 11 is 0. The largest absolute Gasteiger partial charge is 0.502 e. The van der Waals surface area contributed by atoms with Crippen molar-refractivity contribution in [2.45, 2.75) is 6.61 Å². The van der Waals surface area contributed by atoms with Crippen LogP contribution in [0.2, 0.25) is 0 Å². The van der Waals surface area contributed by atoms with E-state index in [4.69, 9.17) is 5.11 Å². The van der Waals surface area contributed by atoms with Crippen LogP contribution in [0, 0.1) is 5.82 Å². The second-order valence-corrected chi connectivity index (χ2v) is 1.97. The van der Waals surface area contributed by atoms with Crippen molar-refractivity contribution in [1.29, 1.82) is 0 Å². The highest BCUT2D eigenvalue weighted by molar-refractivity contribution is 5.39. The van der Waals surface area contributed by atoms with Gasteiger partial charge in [0, 0.05) is 0 Å². The Morgan fingerprint density at radius 2 is 2.00 bits per heavy atom. The number of rotatable bonds is 2. The molecule has 0 heterocycles. The molecule has 0 aliphatic carbocycles. The number of aromatic hydroxyl groups is 1. The number of ether oxygens (including phenoxy) is 1. The molecule has 1 aromatic rings. The minimum Gasteiger partial charge on any atom is -0.502 e. The fraction of sp³-hybridized carbons (Fsp3) is 0.143. The van der Waals surface area contributed by atoms with Crippen molar-refractivity contribution in [3.8, 4) is 11.5 Å². The van der Waals surface area contributed by atoms with Crippen LogP contribution < -0.4 is 4.74 Å². The SMILES string of the molecule is Oc1c(F)cccc1OC(F)F. The van der Waals surface area contributed by atoms with Gasteiger partial charge >= 0.3 is 6.61 Å². The average molecular weight is 178 g/mol. The monoisotopic (exact) mass is 178 g/mol. The van der Waals surface area contributed by atoms with Gasteiger partial charge in [-0.2, -0.15) is 8.78 Å². The second-order valence-electron chi connectivity index (χ2n) is 1.97. The highest BCUT2D eigenvalue weighted by Gasteiger charge is 2.11. The Bertz CT molecular complexity index is 275. The number of halogens is 3. The van der Waals surface area contributed by atoms with E-state index >= 15 is 0 Å². The first-order chi connectivity index (χ1) is 5.61. The number of phenols is 1. The van der Waals surface area contributed by atoms with Crippen molar-refractivity contribution >= 4 is 0 Å². The maximum atomic E-state index is 12.5. The van der Waals surface area contributed by atoms with Crippen molar-refractivity contribution in [3.05, 3.63) is 24.0 Å². The van der Waals surface area contributed by atoms with Gasteiger partial charge in [0.1, 0.15) is 0 Å². The van der Waals surface area contributed by atoms with Crippen LogP contribution in [0.4, 0.5) is 13.2 Å². The fourth-order valence-electron chi connectivity index (χ4n) is 0.687. The third-order valence-corrected chi connectivity index (χ3v) is 1.17. The Morgan fingerprint density at radius 3 is 2.58 bits per heavy atom. The van der Waals surface area contributed by atoms with Crippen LogP contribution in [0.1, 0.15) is 0 Å². The van der Waals surface area contributed by atoms with Crippen molar-refractivity contribution in [3.63, 3.8) is 0 Å².